The van der Waals surface area contributed by atoms with E-state index in [9.17, 15) is 13.2 Å². The third kappa shape index (κ3) is 5.90. The molecule has 0 saturated carbocycles. The van der Waals surface area contributed by atoms with Gasteiger partial charge in [-0.15, -0.1) is 0 Å². The molecular weight excluding hydrogens is 302 g/mol. The molecule has 7 heteroatoms. The highest BCUT2D eigenvalue weighted by molar-refractivity contribution is 7.91. The van der Waals surface area contributed by atoms with Crippen LogP contribution < -0.4 is 5.32 Å². The van der Waals surface area contributed by atoms with Gasteiger partial charge in [-0.3, -0.25) is 4.79 Å². The highest BCUT2D eigenvalue weighted by atomic mass is 35.5. The SMILES string of the molecule is COCCCNC(=O)CCS(=O)(=O)c1cccc(Cl)c1. The molecule has 112 valence electrons. The van der Waals surface area contributed by atoms with Gasteiger partial charge in [-0.2, -0.15) is 0 Å². The molecule has 1 N–H and O–H groups in total. The third-order valence-corrected chi connectivity index (χ3v) is 4.55. The lowest BCUT2D eigenvalue weighted by molar-refractivity contribution is -0.120. The molecule has 20 heavy (non-hydrogen) atoms. The summed E-state index contributed by atoms with van der Waals surface area (Å²) in [5.74, 6) is -0.518. The van der Waals surface area contributed by atoms with Crippen molar-refractivity contribution in [3.8, 4) is 0 Å². The number of nitrogens with one attached hydrogen (secondary N) is 1. The zero-order valence-corrected chi connectivity index (χ0v) is 12.8. The number of halogens is 1. The average Bonchev–Trinajstić information content (AvgIpc) is 2.41. The van der Waals surface area contributed by atoms with E-state index in [1.807, 2.05) is 0 Å². The van der Waals surface area contributed by atoms with Crippen molar-refractivity contribution in [1.29, 1.82) is 0 Å². The van der Waals surface area contributed by atoms with E-state index in [2.05, 4.69) is 5.32 Å². The monoisotopic (exact) mass is 319 g/mol. The first-order valence-corrected chi connectivity index (χ1v) is 8.22. The van der Waals surface area contributed by atoms with Gasteiger partial charge in [-0.25, -0.2) is 8.42 Å². The molecule has 0 aromatic heterocycles. The van der Waals surface area contributed by atoms with Crippen LogP contribution in [0.5, 0.6) is 0 Å². The van der Waals surface area contributed by atoms with Gasteiger partial charge in [0.1, 0.15) is 0 Å². The smallest absolute Gasteiger partial charge is 0.221 e. The van der Waals surface area contributed by atoms with Gasteiger partial charge < -0.3 is 10.1 Å². The first-order valence-electron chi connectivity index (χ1n) is 6.19. The number of amides is 1. The van der Waals surface area contributed by atoms with E-state index in [1.54, 1.807) is 19.2 Å². The fourth-order valence-electron chi connectivity index (χ4n) is 1.54. The number of carbonyl (C=O) groups excluding carboxylic acids is 1. The largest absolute Gasteiger partial charge is 0.385 e. The Morgan fingerprint density at radius 3 is 2.80 bits per heavy atom. The van der Waals surface area contributed by atoms with Gasteiger partial charge in [0, 0.05) is 31.7 Å². The summed E-state index contributed by atoms with van der Waals surface area (Å²) in [5, 5.41) is 3.00. The van der Waals surface area contributed by atoms with E-state index in [-0.39, 0.29) is 23.0 Å². The number of hydrogen-bond acceptors (Lipinski definition) is 4. The molecule has 0 fully saturated rings. The van der Waals surface area contributed by atoms with E-state index in [1.165, 1.54) is 12.1 Å². The van der Waals surface area contributed by atoms with Crippen molar-refractivity contribution in [2.75, 3.05) is 26.0 Å². The van der Waals surface area contributed by atoms with Crippen LogP contribution in [0.15, 0.2) is 29.2 Å². The number of sulfone groups is 1. The lowest BCUT2D eigenvalue weighted by Gasteiger charge is -2.06. The summed E-state index contributed by atoms with van der Waals surface area (Å²) in [5.41, 5.74) is 0. The number of rotatable bonds is 8. The van der Waals surface area contributed by atoms with Crippen molar-refractivity contribution < 1.29 is 17.9 Å². The first-order chi connectivity index (χ1) is 9.45. The summed E-state index contributed by atoms with van der Waals surface area (Å²) in [6.45, 7) is 1.03. The Hall–Kier alpha value is -1.11. The predicted molar refractivity (Wildman–Crippen MR) is 77.6 cm³/mol. The number of methoxy groups -OCH3 is 1. The maximum Gasteiger partial charge on any atom is 0.221 e. The van der Waals surface area contributed by atoms with Gasteiger partial charge >= 0.3 is 0 Å². The highest BCUT2D eigenvalue weighted by Crippen LogP contribution is 2.17. The van der Waals surface area contributed by atoms with Gasteiger partial charge in [-0.1, -0.05) is 17.7 Å². The Balaban J connectivity index is 2.46. The van der Waals surface area contributed by atoms with Crippen LogP contribution in [0.3, 0.4) is 0 Å². The molecular formula is C13H18ClNO4S. The molecule has 0 spiro atoms. The molecule has 1 amide bonds. The first kappa shape index (κ1) is 16.9. The minimum absolute atomic E-state index is 0.0676. The summed E-state index contributed by atoms with van der Waals surface area (Å²) in [6.07, 6.45) is 0.630. The second-order valence-electron chi connectivity index (χ2n) is 4.22. The molecule has 0 saturated heterocycles. The zero-order chi connectivity index (χ0) is 15.0. The predicted octanol–water partition coefficient (Wildman–Crippen LogP) is 1.66. The molecule has 1 aromatic carbocycles. The Bertz CT molecular complexity index is 545. The van der Waals surface area contributed by atoms with Crippen LogP contribution in [0.2, 0.25) is 5.02 Å². The van der Waals surface area contributed by atoms with Crippen LogP contribution in [0.25, 0.3) is 0 Å². The van der Waals surface area contributed by atoms with Gasteiger partial charge in [-0.05, 0) is 24.6 Å². The maximum absolute atomic E-state index is 12.0. The van der Waals surface area contributed by atoms with E-state index in [0.717, 1.165) is 0 Å². The fraction of sp³-hybridized carbons (Fsp3) is 0.462. The Labute approximate surface area is 124 Å². The van der Waals surface area contributed by atoms with Crippen molar-refractivity contribution in [3.63, 3.8) is 0 Å². The second kappa shape index (κ2) is 8.24. The summed E-state index contributed by atoms with van der Waals surface area (Å²) < 4.78 is 28.9. The molecule has 1 aromatic rings. The van der Waals surface area contributed by atoms with Crippen molar-refractivity contribution >= 4 is 27.3 Å². The third-order valence-electron chi connectivity index (χ3n) is 2.60. The number of carbonyl (C=O) groups is 1. The van der Waals surface area contributed by atoms with Crippen LogP contribution in [-0.4, -0.2) is 40.3 Å². The van der Waals surface area contributed by atoms with Crippen LogP contribution >= 0.6 is 11.6 Å². The van der Waals surface area contributed by atoms with Crippen molar-refractivity contribution in [1.82, 2.24) is 5.32 Å². The van der Waals surface area contributed by atoms with E-state index in [0.29, 0.717) is 24.6 Å². The van der Waals surface area contributed by atoms with E-state index >= 15 is 0 Å². The molecule has 0 aliphatic rings. The molecule has 0 unspecified atom stereocenters. The fourth-order valence-corrected chi connectivity index (χ4v) is 3.08. The molecule has 0 aliphatic heterocycles. The minimum Gasteiger partial charge on any atom is -0.385 e. The van der Waals surface area contributed by atoms with Crippen LogP contribution in [0, 0.1) is 0 Å². The summed E-state index contributed by atoms with van der Waals surface area (Å²) in [4.78, 5) is 11.6. The quantitative estimate of drug-likeness (QED) is 0.740. The van der Waals surface area contributed by atoms with Gasteiger partial charge in [0.2, 0.25) is 5.91 Å². The summed E-state index contributed by atoms with van der Waals surface area (Å²) >= 11 is 5.76. The Morgan fingerprint density at radius 1 is 1.40 bits per heavy atom. The van der Waals surface area contributed by atoms with Crippen molar-refractivity contribution in [3.05, 3.63) is 29.3 Å². The highest BCUT2D eigenvalue weighted by Gasteiger charge is 2.16. The van der Waals surface area contributed by atoms with Crippen molar-refractivity contribution in [2.24, 2.45) is 0 Å². The standard InChI is InChI=1S/C13H18ClNO4S/c1-19-8-3-7-15-13(16)6-9-20(17,18)12-5-2-4-11(14)10-12/h2,4-5,10H,3,6-9H2,1H3,(H,15,16). The average molecular weight is 320 g/mol. The normalized spacial score (nSPS) is 11.3. The minimum atomic E-state index is -3.48. The summed E-state index contributed by atoms with van der Waals surface area (Å²) in [7, 11) is -1.90. The van der Waals surface area contributed by atoms with Gasteiger partial charge in [0.05, 0.1) is 10.6 Å². The molecule has 1 rings (SSSR count). The molecule has 0 aliphatic carbocycles. The van der Waals surface area contributed by atoms with E-state index < -0.39 is 9.84 Å². The number of hydrogen-bond donors (Lipinski definition) is 1. The zero-order valence-electron chi connectivity index (χ0n) is 11.3. The molecule has 5 nitrogen and oxygen atoms in total. The lowest BCUT2D eigenvalue weighted by Crippen LogP contribution is -2.27. The maximum atomic E-state index is 12.0. The van der Waals surface area contributed by atoms with Crippen LogP contribution in [-0.2, 0) is 19.4 Å². The van der Waals surface area contributed by atoms with Crippen LogP contribution in [0.4, 0.5) is 0 Å². The van der Waals surface area contributed by atoms with Crippen molar-refractivity contribution in [2.45, 2.75) is 17.7 Å². The van der Waals surface area contributed by atoms with E-state index in [4.69, 9.17) is 16.3 Å². The lowest BCUT2D eigenvalue weighted by atomic mass is 10.4. The molecule has 0 radical (unpaired) electrons. The number of benzene rings is 1. The van der Waals surface area contributed by atoms with Gasteiger partial charge in [0.15, 0.2) is 9.84 Å². The molecule has 0 atom stereocenters. The number of ether oxygens (including phenoxy) is 1. The molecule has 0 bridgehead atoms. The Kier molecular flexibility index (Phi) is 6.98. The topological polar surface area (TPSA) is 72.5 Å². The second-order valence-corrected chi connectivity index (χ2v) is 6.77. The van der Waals surface area contributed by atoms with Crippen LogP contribution in [0.1, 0.15) is 12.8 Å². The summed E-state index contributed by atoms with van der Waals surface area (Å²) in [6, 6.07) is 6.02. The Morgan fingerprint density at radius 2 is 2.15 bits per heavy atom. The van der Waals surface area contributed by atoms with Gasteiger partial charge in [0.25, 0.3) is 0 Å². The molecule has 0 heterocycles.